The molecule has 0 atom stereocenters. The second-order valence-electron chi connectivity index (χ2n) is 5.05. The number of aromatic nitrogens is 1. The van der Waals surface area contributed by atoms with Gasteiger partial charge in [0, 0.05) is 22.0 Å². The van der Waals surface area contributed by atoms with Gasteiger partial charge in [0.15, 0.2) is 5.43 Å². The van der Waals surface area contributed by atoms with E-state index in [0.29, 0.717) is 21.5 Å². The zero-order chi connectivity index (χ0) is 17.3. The lowest BCUT2D eigenvalue weighted by atomic mass is 10.1. The molecular formula is C18H12ClNO4. The molecule has 0 aliphatic rings. The molecule has 0 fully saturated rings. The number of ether oxygens (including phenoxy) is 1. The van der Waals surface area contributed by atoms with Crippen molar-refractivity contribution in [3.05, 3.63) is 81.1 Å². The van der Waals surface area contributed by atoms with Crippen molar-refractivity contribution in [2.75, 3.05) is 7.11 Å². The van der Waals surface area contributed by atoms with Crippen molar-refractivity contribution in [2.45, 2.75) is 0 Å². The summed E-state index contributed by atoms with van der Waals surface area (Å²) >= 11 is 5.85. The molecule has 0 unspecified atom stereocenters. The van der Waals surface area contributed by atoms with Gasteiger partial charge in [0.1, 0.15) is 5.69 Å². The fourth-order valence-corrected chi connectivity index (χ4v) is 2.59. The molecule has 0 aliphatic carbocycles. The van der Waals surface area contributed by atoms with Gasteiger partial charge in [-0.05, 0) is 36.4 Å². The van der Waals surface area contributed by atoms with Crippen LogP contribution in [0.25, 0.3) is 10.9 Å². The number of hydrogen-bond acceptors (Lipinski definition) is 4. The highest BCUT2D eigenvalue weighted by molar-refractivity contribution is 6.30. The molecule has 0 aliphatic heterocycles. The highest BCUT2D eigenvalue weighted by atomic mass is 35.5. The SMILES string of the molecule is COC(=O)c1cc(=O)c2ccccc2n1C(=O)c1ccc(Cl)cc1. The Labute approximate surface area is 142 Å². The maximum absolute atomic E-state index is 12.9. The monoisotopic (exact) mass is 341 g/mol. The highest BCUT2D eigenvalue weighted by Gasteiger charge is 2.21. The van der Waals surface area contributed by atoms with Crippen LogP contribution in [0.3, 0.4) is 0 Å². The molecule has 0 saturated carbocycles. The third-order valence-electron chi connectivity index (χ3n) is 3.61. The van der Waals surface area contributed by atoms with Gasteiger partial charge in [-0.25, -0.2) is 4.79 Å². The summed E-state index contributed by atoms with van der Waals surface area (Å²) in [6.45, 7) is 0. The number of nitrogens with zero attached hydrogens (tertiary/aromatic N) is 1. The van der Waals surface area contributed by atoms with E-state index in [1.54, 1.807) is 48.5 Å². The Morgan fingerprint density at radius 1 is 1.04 bits per heavy atom. The number of halogens is 1. The molecule has 1 heterocycles. The Hall–Kier alpha value is -2.92. The van der Waals surface area contributed by atoms with Crippen LogP contribution in [0.2, 0.25) is 5.02 Å². The van der Waals surface area contributed by atoms with E-state index in [1.165, 1.54) is 11.7 Å². The summed E-state index contributed by atoms with van der Waals surface area (Å²) in [6, 6.07) is 14.0. The molecule has 24 heavy (non-hydrogen) atoms. The predicted octanol–water partition coefficient (Wildman–Crippen LogP) is 3.13. The Balaban J connectivity index is 2.34. The van der Waals surface area contributed by atoms with Crippen LogP contribution in [0.5, 0.6) is 0 Å². The minimum Gasteiger partial charge on any atom is -0.464 e. The van der Waals surface area contributed by atoms with E-state index in [0.717, 1.165) is 6.07 Å². The maximum atomic E-state index is 12.9. The van der Waals surface area contributed by atoms with E-state index < -0.39 is 11.9 Å². The molecule has 1 aromatic heterocycles. The van der Waals surface area contributed by atoms with E-state index in [9.17, 15) is 14.4 Å². The van der Waals surface area contributed by atoms with Gasteiger partial charge in [0.2, 0.25) is 0 Å². The molecule has 5 nitrogen and oxygen atoms in total. The van der Waals surface area contributed by atoms with Gasteiger partial charge in [0.05, 0.1) is 12.6 Å². The number of fused-ring (bicyclic) bond motifs is 1. The van der Waals surface area contributed by atoms with Gasteiger partial charge in [-0.1, -0.05) is 23.7 Å². The molecule has 0 amide bonds. The fraction of sp³-hybridized carbons (Fsp3) is 0.0556. The fourth-order valence-electron chi connectivity index (χ4n) is 2.47. The lowest BCUT2D eigenvalue weighted by Gasteiger charge is -2.14. The van der Waals surface area contributed by atoms with Crippen LogP contribution in [-0.2, 0) is 4.74 Å². The summed E-state index contributed by atoms with van der Waals surface area (Å²) in [5, 5.41) is 0.831. The van der Waals surface area contributed by atoms with Gasteiger partial charge in [0.25, 0.3) is 5.91 Å². The van der Waals surface area contributed by atoms with Crippen LogP contribution >= 0.6 is 11.6 Å². The first-order valence-corrected chi connectivity index (χ1v) is 7.44. The standard InChI is InChI=1S/C18H12ClNO4/c1-24-18(23)15-10-16(21)13-4-2-3-5-14(13)20(15)17(22)11-6-8-12(19)9-7-11/h2-10H,1H3. The number of carbonyl (C=O) groups is 2. The number of benzene rings is 2. The van der Waals surface area contributed by atoms with Crippen LogP contribution in [0.15, 0.2) is 59.4 Å². The van der Waals surface area contributed by atoms with E-state index in [4.69, 9.17) is 16.3 Å². The first kappa shape index (κ1) is 16.0. The third-order valence-corrected chi connectivity index (χ3v) is 3.86. The van der Waals surface area contributed by atoms with Crippen molar-refractivity contribution in [3.63, 3.8) is 0 Å². The van der Waals surface area contributed by atoms with Crippen molar-refractivity contribution in [3.8, 4) is 0 Å². The molecule has 0 saturated heterocycles. The molecule has 0 spiro atoms. The lowest BCUT2D eigenvalue weighted by Crippen LogP contribution is -2.24. The quantitative estimate of drug-likeness (QED) is 0.672. The molecule has 0 radical (unpaired) electrons. The molecule has 3 rings (SSSR count). The summed E-state index contributed by atoms with van der Waals surface area (Å²) < 4.78 is 5.90. The van der Waals surface area contributed by atoms with Crippen LogP contribution in [0.4, 0.5) is 0 Å². The van der Waals surface area contributed by atoms with Gasteiger partial charge in [-0.2, -0.15) is 0 Å². The van der Waals surface area contributed by atoms with Crippen molar-refractivity contribution in [1.82, 2.24) is 4.57 Å². The summed E-state index contributed by atoms with van der Waals surface area (Å²) in [4.78, 5) is 37.2. The molecule has 0 N–H and O–H groups in total. The van der Waals surface area contributed by atoms with Crippen molar-refractivity contribution in [1.29, 1.82) is 0 Å². The van der Waals surface area contributed by atoms with E-state index >= 15 is 0 Å². The van der Waals surface area contributed by atoms with Crippen LogP contribution in [0, 0.1) is 0 Å². The summed E-state index contributed by atoms with van der Waals surface area (Å²) in [5.41, 5.74) is 0.191. The van der Waals surface area contributed by atoms with Crippen LogP contribution in [-0.4, -0.2) is 23.6 Å². The molecule has 120 valence electrons. The summed E-state index contributed by atoms with van der Waals surface area (Å²) in [6.07, 6.45) is 0. The number of rotatable bonds is 2. The topological polar surface area (TPSA) is 65.4 Å². The summed E-state index contributed by atoms with van der Waals surface area (Å²) in [5.74, 6) is -1.22. The zero-order valence-electron chi connectivity index (χ0n) is 12.7. The first-order chi connectivity index (χ1) is 11.5. The molecule has 2 aromatic carbocycles. The van der Waals surface area contributed by atoms with Crippen LogP contribution < -0.4 is 5.43 Å². The normalized spacial score (nSPS) is 10.6. The van der Waals surface area contributed by atoms with E-state index in [-0.39, 0.29) is 11.1 Å². The number of para-hydroxylation sites is 1. The second-order valence-corrected chi connectivity index (χ2v) is 5.49. The Morgan fingerprint density at radius 3 is 2.38 bits per heavy atom. The molecule has 6 heteroatoms. The molecular weight excluding hydrogens is 330 g/mol. The minimum atomic E-state index is -0.764. The van der Waals surface area contributed by atoms with Gasteiger partial charge in [-0.15, -0.1) is 0 Å². The average Bonchev–Trinajstić information content (AvgIpc) is 2.61. The molecule has 3 aromatic rings. The van der Waals surface area contributed by atoms with Gasteiger partial charge >= 0.3 is 5.97 Å². The lowest BCUT2D eigenvalue weighted by molar-refractivity contribution is 0.0583. The zero-order valence-corrected chi connectivity index (χ0v) is 13.4. The largest absolute Gasteiger partial charge is 0.464 e. The van der Waals surface area contributed by atoms with Gasteiger partial charge in [-0.3, -0.25) is 14.2 Å². The Morgan fingerprint density at radius 2 is 1.71 bits per heavy atom. The first-order valence-electron chi connectivity index (χ1n) is 7.06. The predicted molar refractivity (Wildman–Crippen MR) is 90.7 cm³/mol. The number of esters is 1. The number of pyridine rings is 1. The molecule has 0 bridgehead atoms. The Bertz CT molecular complexity index is 1010. The summed E-state index contributed by atoms with van der Waals surface area (Å²) in [7, 11) is 1.19. The van der Waals surface area contributed by atoms with Crippen molar-refractivity contribution < 1.29 is 14.3 Å². The van der Waals surface area contributed by atoms with E-state index in [2.05, 4.69) is 0 Å². The highest BCUT2D eigenvalue weighted by Crippen LogP contribution is 2.18. The number of methoxy groups -OCH3 is 1. The van der Waals surface area contributed by atoms with Crippen LogP contribution in [0.1, 0.15) is 20.8 Å². The number of carbonyl (C=O) groups excluding carboxylic acids is 2. The maximum Gasteiger partial charge on any atom is 0.355 e. The minimum absolute atomic E-state index is 0.124. The van der Waals surface area contributed by atoms with Crippen molar-refractivity contribution in [2.24, 2.45) is 0 Å². The Kier molecular flexibility index (Phi) is 4.18. The smallest absolute Gasteiger partial charge is 0.355 e. The third kappa shape index (κ3) is 2.70. The van der Waals surface area contributed by atoms with Gasteiger partial charge < -0.3 is 4.74 Å². The van der Waals surface area contributed by atoms with Crippen molar-refractivity contribution >= 4 is 34.4 Å². The van der Waals surface area contributed by atoms with E-state index in [1.807, 2.05) is 0 Å². The second kappa shape index (κ2) is 6.29. The average molecular weight is 342 g/mol. The number of hydrogen-bond donors (Lipinski definition) is 0.